The number of hydrogen-bond donors (Lipinski definition) is 0. The van der Waals surface area contributed by atoms with Crippen molar-refractivity contribution < 1.29 is 23.5 Å². The highest BCUT2D eigenvalue weighted by Gasteiger charge is 2.11. The van der Waals surface area contributed by atoms with Crippen LogP contribution >= 0.6 is 0 Å². The monoisotopic (exact) mass is 238 g/mol. The summed E-state index contributed by atoms with van der Waals surface area (Å²) in [5.74, 6) is 0.123. The molecule has 0 saturated heterocycles. The zero-order valence-corrected chi connectivity index (χ0v) is 9.55. The van der Waals surface area contributed by atoms with E-state index in [0.29, 0.717) is 24.4 Å². The third kappa shape index (κ3) is 4.55. The first-order valence-electron chi connectivity index (χ1n) is 5.24. The maximum Gasteiger partial charge on any atom is 0.334 e. The minimum absolute atomic E-state index is 0.134. The molecule has 0 radical (unpaired) electrons. The van der Waals surface area contributed by atoms with Gasteiger partial charge in [0.05, 0.1) is 19.5 Å². The summed E-state index contributed by atoms with van der Waals surface area (Å²) in [7, 11) is 0. The number of rotatable bonds is 7. The standard InChI is InChI=1S/C12H14O5/c1-2-16-12(14)10(5-7-15-9-13)8-11-4-3-6-17-11/h3-4,6,8-9H,2,5,7H2,1H3/b10-8-. The molecule has 1 rings (SSSR count). The molecule has 0 fully saturated rings. The van der Waals surface area contributed by atoms with Gasteiger partial charge in [-0.05, 0) is 25.1 Å². The molecule has 0 spiro atoms. The van der Waals surface area contributed by atoms with Crippen molar-refractivity contribution in [3.63, 3.8) is 0 Å². The van der Waals surface area contributed by atoms with Gasteiger partial charge in [-0.3, -0.25) is 4.79 Å². The molecule has 0 saturated carbocycles. The number of carbonyl (C=O) groups is 2. The van der Waals surface area contributed by atoms with Crippen molar-refractivity contribution in [2.45, 2.75) is 13.3 Å². The third-order valence-electron chi connectivity index (χ3n) is 1.95. The van der Waals surface area contributed by atoms with Gasteiger partial charge >= 0.3 is 5.97 Å². The largest absolute Gasteiger partial charge is 0.468 e. The van der Waals surface area contributed by atoms with E-state index in [9.17, 15) is 9.59 Å². The lowest BCUT2D eigenvalue weighted by Gasteiger charge is -2.05. The van der Waals surface area contributed by atoms with Gasteiger partial charge in [0.25, 0.3) is 6.47 Å². The highest BCUT2D eigenvalue weighted by Crippen LogP contribution is 2.12. The summed E-state index contributed by atoms with van der Waals surface area (Å²) in [5.41, 5.74) is 0.406. The van der Waals surface area contributed by atoms with Gasteiger partial charge in [0.1, 0.15) is 5.76 Å². The second kappa shape index (κ2) is 7.27. The fourth-order valence-corrected chi connectivity index (χ4v) is 1.22. The SMILES string of the molecule is CCOC(=O)/C(=C\c1ccco1)CCOC=O. The van der Waals surface area contributed by atoms with Gasteiger partial charge in [-0.15, -0.1) is 0 Å². The predicted molar refractivity (Wildman–Crippen MR) is 60.0 cm³/mol. The van der Waals surface area contributed by atoms with Crippen LogP contribution in [0.1, 0.15) is 19.1 Å². The summed E-state index contributed by atoms with van der Waals surface area (Å²) >= 11 is 0. The van der Waals surface area contributed by atoms with Crippen LogP contribution in [0.5, 0.6) is 0 Å². The Balaban J connectivity index is 2.70. The molecule has 0 aliphatic rings. The van der Waals surface area contributed by atoms with E-state index in [-0.39, 0.29) is 13.0 Å². The molecule has 0 atom stereocenters. The quantitative estimate of drug-likeness (QED) is 0.313. The number of ether oxygens (including phenoxy) is 2. The van der Waals surface area contributed by atoms with Crippen LogP contribution in [-0.2, 0) is 19.1 Å². The molecule has 1 aromatic heterocycles. The molecule has 92 valence electrons. The fraction of sp³-hybridized carbons (Fsp3) is 0.333. The minimum atomic E-state index is -0.432. The third-order valence-corrected chi connectivity index (χ3v) is 1.95. The molecule has 0 aromatic carbocycles. The summed E-state index contributed by atoms with van der Waals surface area (Å²) in [4.78, 5) is 21.6. The van der Waals surface area contributed by atoms with E-state index in [1.165, 1.54) is 6.26 Å². The van der Waals surface area contributed by atoms with E-state index in [1.807, 2.05) is 0 Å². The Morgan fingerprint density at radius 3 is 2.94 bits per heavy atom. The second-order valence-corrected chi connectivity index (χ2v) is 3.12. The van der Waals surface area contributed by atoms with Crippen LogP contribution in [0.25, 0.3) is 6.08 Å². The molecule has 0 amide bonds. The van der Waals surface area contributed by atoms with Gasteiger partial charge in [0, 0.05) is 12.0 Å². The molecular formula is C12H14O5. The molecular weight excluding hydrogens is 224 g/mol. The fourth-order valence-electron chi connectivity index (χ4n) is 1.22. The van der Waals surface area contributed by atoms with Crippen molar-refractivity contribution in [2.75, 3.05) is 13.2 Å². The number of esters is 1. The van der Waals surface area contributed by atoms with Crippen molar-refractivity contribution in [1.29, 1.82) is 0 Å². The van der Waals surface area contributed by atoms with Crippen molar-refractivity contribution in [3.8, 4) is 0 Å². The van der Waals surface area contributed by atoms with Gasteiger partial charge in [-0.2, -0.15) is 0 Å². The van der Waals surface area contributed by atoms with Crippen LogP contribution in [0.2, 0.25) is 0 Å². The highest BCUT2D eigenvalue weighted by molar-refractivity contribution is 5.93. The zero-order valence-electron chi connectivity index (χ0n) is 9.55. The maximum absolute atomic E-state index is 11.6. The normalized spacial score (nSPS) is 11.0. The summed E-state index contributed by atoms with van der Waals surface area (Å²) in [6, 6.07) is 3.44. The highest BCUT2D eigenvalue weighted by atomic mass is 16.5. The average Bonchev–Trinajstić information content (AvgIpc) is 2.81. The summed E-state index contributed by atoms with van der Waals surface area (Å²) in [6.07, 6.45) is 3.38. The van der Waals surface area contributed by atoms with Gasteiger partial charge < -0.3 is 13.9 Å². The molecule has 0 N–H and O–H groups in total. The molecule has 5 heteroatoms. The van der Waals surface area contributed by atoms with Crippen molar-refractivity contribution in [2.24, 2.45) is 0 Å². The predicted octanol–water partition coefficient (Wildman–Crippen LogP) is 1.79. The van der Waals surface area contributed by atoms with Crippen LogP contribution in [0.3, 0.4) is 0 Å². The molecule has 0 aliphatic heterocycles. The van der Waals surface area contributed by atoms with E-state index in [1.54, 1.807) is 25.1 Å². The Morgan fingerprint density at radius 1 is 1.53 bits per heavy atom. The molecule has 1 heterocycles. The smallest absolute Gasteiger partial charge is 0.334 e. The summed E-state index contributed by atoms with van der Waals surface area (Å²) in [5, 5.41) is 0. The van der Waals surface area contributed by atoms with Gasteiger partial charge in [0.15, 0.2) is 0 Å². The molecule has 5 nitrogen and oxygen atoms in total. The summed E-state index contributed by atoms with van der Waals surface area (Å²) < 4.78 is 14.5. The average molecular weight is 238 g/mol. The van der Waals surface area contributed by atoms with E-state index in [2.05, 4.69) is 4.74 Å². The van der Waals surface area contributed by atoms with Crippen LogP contribution in [0.15, 0.2) is 28.4 Å². The topological polar surface area (TPSA) is 65.7 Å². The lowest BCUT2D eigenvalue weighted by molar-refractivity contribution is -0.139. The van der Waals surface area contributed by atoms with Crippen LogP contribution in [0, 0.1) is 0 Å². The second-order valence-electron chi connectivity index (χ2n) is 3.12. The van der Waals surface area contributed by atoms with Crippen LogP contribution in [-0.4, -0.2) is 25.7 Å². The Bertz CT molecular complexity index is 378. The van der Waals surface area contributed by atoms with Gasteiger partial charge in [0.2, 0.25) is 0 Å². The Morgan fingerprint density at radius 2 is 2.35 bits per heavy atom. The molecule has 0 unspecified atom stereocenters. The van der Waals surface area contributed by atoms with Crippen LogP contribution < -0.4 is 0 Å². The molecule has 0 aliphatic carbocycles. The lowest BCUT2D eigenvalue weighted by Crippen LogP contribution is -2.09. The summed E-state index contributed by atoms with van der Waals surface area (Å²) in [6.45, 7) is 2.50. The first-order chi connectivity index (χ1) is 8.27. The van der Waals surface area contributed by atoms with Crippen molar-refractivity contribution in [1.82, 2.24) is 0 Å². The van der Waals surface area contributed by atoms with E-state index in [0.717, 1.165) is 0 Å². The van der Waals surface area contributed by atoms with Crippen molar-refractivity contribution >= 4 is 18.5 Å². The molecule has 0 bridgehead atoms. The minimum Gasteiger partial charge on any atom is -0.468 e. The number of hydrogen-bond acceptors (Lipinski definition) is 5. The Hall–Kier alpha value is -2.04. The van der Waals surface area contributed by atoms with Gasteiger partial charge in [-0.25, -0.2) is 4.79 Å². The molecule has 1 aromatic rings. The lowest BCUT2D eigenvalue weighted by atomic mass is 10.1. The Kier molecular flexibility index (Phi) is 5.57. The maximum atomic E-state index is 11.6. The Labute approximate surface area is 99.0 Å². The zero-order chi connectivity index (χ0) is 12.5. The van der Waals surface area contributed by atoms with E-state index >= 15 is 0 Å². The number of carbonyl (C=O) groups excluding carboxylic acids is 2. The van der Waals surface area contributed by atoms with Crippen LogP contribution in [0.4, 0.5) is 0 Å². The van der Waals surface area contributed by atoms with E-state index in [4.69, 9.17) is 9.15 Å². The van der Waals surface area contributed by atoms with E-state index < -0.39 is 5.97 Å². The molecule has 17 heavy (non-hydrogen) atoms. The first-order valence-corrected chi connectivity index (χ1v) is 5.24. The van der Waals surface area contributed by atoms with Gasteiger partial charge in [-0.1, -0.05) is 0 Å². The van der Waals surface area contributed by atoms with Crippen molar-refractivity contribution in [3.05, 3.63) is 29.7 Å². The number of furan rings is 1. The first kappa shape index (κ1) is 13.0.